The third-order valence-corrected chi connectivity index (χ3v) is 6.98. The summed E-state index contributed by atoms with van der Waals surface area (Å²) in [5.74, 6) is 1.79. The number of amides is 1. The molecule has 0 aliphatic heterocycles. The van der Waals surface area contributed by atoms with Crippen LogP contribution in [0.5, 0.6) is 0 Å². The Hall–Kier alpha value is -1.92. The van der Waals surface area contributed by atoms with Gasteiger partial charge in [0.1, 0.15) is 15.7 Å². The third kappa shape index (κ3) is 4.17. The van der Waals surface area contributed by atoms with Crippen LogP contribution in [0.3, 0.4) is 0 Å². The Bertz CT molecular complexity index is 997. The first-order valence-corrected chi connectivity index (χ1v) is 11.2. The molecule has 0 fully saturated rings. The molecule has 1 N–H and O–H groups in total. The highest BCUT2D eigenvalue weighted by Gasteiger charge is 2.21. The van der Waals surface area contributed by atoms with E-state index in [0.29, 0.717) is 6.42 Å². The largest absolute Gasteiger partial charge is 0.326 e. The topological polar surface area (TPSA) is 54.9 Å². The molecule has 6 heteroatoms. The van der Waals surface area contributed by atoms with Crippen molar-refractivity contribution in [2.75, 3.05) is 11.1 Å². The fourth-order valence-electron chi connectivity index (χ4n) is 3.52. The van der Waals surface area contributed by atoms with E-state index in [4.69, 9.17) is 4.98 Å². The van der Waals surface area contributed by atoms with Crippen molar-refractivity contribution in [1.82, 2.24) is 9.97 Å². The molecule has 0 spiro atoms. The van der Waals surface area contributed by atoms with Gasteiger partial charge in [-0.25, -0.2) is 9.97 Å². The summed E-state index contributed by atoms with van der Waals surface area (Å²) in [6, 6.07) is 7.90. The van der Waals surface area contributed by atoms with Gasteiger partial charge in [-0.05, 0) is 62.8 Å². The van der Waals surface area contributed by atoms with E-state index < -0.39 is 0 Å². The minimum absolute atomic E-state index is 0.0710. The zero-order valence-corrected chi connectivity index (χ0v) is 17.3. The standard InChI is InChI=1S/C21H23N3OS2/c1-13-6-3-7-15(12-13)24-18(25)10-5-11-26-20-19-16-8-4-9-17(16)27-21(19)23-14(2)22-20/h3,6-7,12H,4-5,8-11H2,1-2H3,(H,24,25). The summed E-state index contributed by atoms with van der Waals surface area (Å²) >= 11 is 3.59. The normalized spacial score (nSPS) is 13.1. The molecular formula is C21H23N3OS2. The summed E-state index contributed by atoms with van der Waals surface area (Å²) in [5.41, 5.74) is 3.49. The van der Waals surface area contributed by atoms with Gasteiger partial charge in [-0.1, -0.05) is 12.1 Å². The van der Waals surface area contributed by atoms with Crippen molar-refractivity contribution in [2.45, 2.75) is 51.0 Å². The van der Waals surface area contributed by atoms with Crippen molar-refractivity contribution in [3.05, 3.63) is 46.1 Å². The molecular weight excluding hydrogens is 374 g/mol. The number of anilines is 1. The molecule has 0 unspecified atom stereocenters. The molecule has 0 bridgehead atoms. The van der Waals surface area contributed by atoms with Gasteiger partial charge in [0.2, 0.25) is 5.91 Å². The zero-order valence-electron chi connectivity index (χ0n) is 15.7. The van der Waals surface area contributed by atoms with E-state index in [-0.39, 0.29) is 5.91 Å². The van der Waals surface area contributed by atoms with Crippen molar-refractivity contribution in [3.63, 3.8) is 0 Å². The Balaban J connectivity index is 1.36. The highest BCUT2D eigenvalue weighted by Crippen LogP contribution is 2.40. The number of aryl methyl sites for hydroxylation is 4. The second-order valence-electron chi connectivity index (χ2n) is 6.98. The van der Waals surface area contributed by atoms with Crippen molar-refractivity contribution in [2.24, 2.45) is 0 Å². The average Bonchev–Trinajstić information content (AvgIpc) is 3.19. The Morgan fingerprint density at radius 3 is 3.00 bits per heavy atom. The number of thioether (sulfide) groups is 1. The van der Waals surface area contributed by atoms with E-state index in [2.05, 4.69) is 10.3 Å². The van der Waals surface area contributed by atoms with Crippen molar-refractivity contribution in [1.29, 1.82) is 0 Å². The van der Waals surface area contributed by atoms with Gasteiger partial charge in [0.15, 0.2) is 0 Å². The van der Waals surface area contributed by atoms with Crippen LogP contribution in [0.1, 0.15) is 41.1 Å². The van der Waals surface area contributed by atoms with Gasteiger partial charge in [-0.15, -0.1) is 23.1 Å². The number of hydrogen-bond donors (Lipinski definition) is 1. The van der Waals surface area contributed by atoms with Crippen molar-refractivity contribution < 1.29 is 4.79 Å². The number of thiophene rings is 1. The van der Waals surface area contributed by atoms with Crippen LogP contribution < -0.4 is 5.32 Å². The number of nitrogens with one attached hydrogen (secondary N) is 1. The third-order valence-electron chi connectivity index (χ3n) is 4.73. The lowest BCUT2D eigenvalue weighted by atomic mass is 10.2. The fourth-order valence-corrected chi connectivity index (χ4v) is 5.93. The van der Waals surface area contributed by atoms with E-state index in [1.807, 2.05) is 49.4 Å². The van der Waals surface area contributed by atoms with Crippen LogP contribution in [0.4, 0.5) is 5.69 Å². The van der Waals surface area contributed by atoms with E-state index in [1.54, 1.807) is 11.8 Å². The van der Waals surface area contributed by atoms with Crippen LogP contribution in [-0.2, 0) is 17.6 Å². The molecule has 4 nitrogen and oxygen atoms in total. The Kier molecular flexibility index (Phi) is 5.45. The summed E-state index contributed by atoms with van der Waals surface area (Å²) in [4.78, 5) is 24.1. The molecule has 3 aromatic rings. The van der Waals surface area contributed by atoms with Crippen LogP contribution >= 0.6 is 23.1 Å². The second kappa shape index (κ2) is 7.98. The number of fused-ring (bicyclic) bond motifs is 3. The molecule has 2 heterocycles. The number of carbonyl (C=O) groups is 1. The van der Waals surface area contributed by atoms with Crippen LogP contribution in [0.25, 0.3) is 10.2 Å². The van der Waals surface area contributed by atoms with E-state index in [9.17, 15) is 4.79 Å². The van der Waals surface area contributed by atoms with Crippen LogP contribution in [-0.4, -0.2) is 21.6 Å². The van der Waals surface area contributed by atoms with Crippen molar-refractivity contribution >= 4 is 44.9 Å². The van der Waals surface area contributed by atoms with E-state index >= 15 is 0 Å². The first-order chi connectivity index (χ1) is 13.1. The zero-order chi connectivity index (χ0) is 18.8. The Labute approximate surface area is 167 Å². The van der Waals surface area contributed by atoms with Crippen LogP contribution in [0, 0.1) is 13.8 Å². The number of aromatic nitrogens is 2. The molecule has 1 aromatic carbocycles. The smallest absolute Gasteiger partial charge is 0.224 e. The van der Waals surface area contributed by atoms with Crippen LogP contribution in [0.15, 0.2) is 29.3 Å². The maximum atomic E-state index is 12.2. The minimum atomic E-state index is 0.0710. The number of benzene rings is 1. The summed E-state index contributed by atoms with van der Waals surface area (Å²) in [5, 5.41) is 5.34. The highest BCUT2D eigenvalue weighted by molar-refractivity contribution is 7.99. The summed E-state index contributed by atoms with van der Waals surface area (Å²) in [7, 11) is 0. The molecule has 0 saturated heterocycles. The molecule has 1 amide bonds. The van der Waals surface area contributed by atoms with Gasteiger partial charge in [0.25, 0.3) is 0 Å². The van der Waals surface area contributed by atoms with Gasteiger partial charge in [0.05, 0.1) is 0 Å². The van der Waals surface area contributed by atoms with Gasteiger partial charge < -0.3 is 5.32 Å². The number of nitrogens with zero attached hydrogens (tertiary/aromatic N) is 2. The lowest BCUT2D eigenvalue weighted by molar-refractivity contribution is -0.116. The maximum absolute atomic E-state index is 12.2. The lowest BCUT2D eigenvalue weighted by Gasteiger charge is -2.07. The molecule has 1 aliphatic carbocycles. The monoisotopic (exact) mass is 397 g/mol. The molecule has 27 heavy (non-hydrogen) atoms. The number of carbonyl (C=O) groups excluding carboxylic acids is 1. The Morgan fingerprint density at radius 2 is 2.15 bits per heavy atom. The van der Waals surface area contributed by atoms with Gasteiger partial charge in [0, 0.05) is 28.1 Å². The highest BCUT2D eigenvalue weighted by atomic mass is 32.2. The van der Waals surface area contributed by atoms with Gasteiger partial charge in [-0.2, -0.15) is 0 Å². The maximum Gasteiger partial charge on any atom is 0.224 e. The van der Waals surface area contributed by atoms with Crippen molar-refractivity contribution in [3.8, 4) is 0 Å². The molecule has 140 valence electrons. The quantitative estimate of drug-likeness (QED) is 0.348. The predicted octanol–water partition coefficient (Wildman–Crippen LogP) is 5.31. The Morgan fingerprint density at radius 1 is 1.26 bits per heavy atom. The van der Waals surface area contributed by atoms with Gasteiger partial charge >= 0.3 is 0 Å². The molecule has 0 radical (unpaired) electrons. The summed E-state index contributed by atoms with van der Waals surface area (Å²) in [6.07, 6.45) is 4.93. The van der Waals surface area contributed by atoms with E-state index in [1.165, 1.54) is 28.7 Å². The number of rotatable bonds is 6. The molecule has 0 saturated carbocycles. The van der Waals surface area contributed by atoms with Crippen LogP contribution in [0.2, 0.25) is 0 Å². The molecule has 2 aromatic heterocycles. The molecule has 4 rings (SSSR count). The molecule has 1 aliphatic rings. The fraction of sp³-hybridized carbons (Fsp3) is 0.381. The second-order valence-corrected chi connectivity index (χ2v) is 9.15. The number of hydrogen-bond acceptors (Lipinski definition) is 5. The first kappa shape index (κ1) is 18.4. The van der Waals surface area contributed by atoms with Gasteiger partial charge in [-0.3, -0.25) is 4.79 Å². The summed E-state index contributed by atoms with van der Waals surface area (Å²) < 4.78 is 0. The summed E-state index contributed by atoms with van der Waals surface area (Å²) in [6.45, 7) is 3.99. The first-order valence-electron chi connectivity index (χ1n) is 9.38. The van der Waals surface area contributed by atoms with E-state index in [0.717, 1.165) is 45.5 Å². The minimum Gasteiger partial charge on any atom is -0.326 e. The predicted molar refractivity (Wildman–Crippen MR) is 114 cm³/mol. The lowest BCUT2D eigenvalue weighted by Crippen LogP contribution is -2.11. The molecule has 0 atom stereocenters. The SMILES string of the molecule is Cc1cccc(NC(=O)CCCSc2nc(C)nc3sc4c(c23)CCC4)c1. The average molecular weight is 398 g/mol.